The fraction of sp³-hybridized carbons (Fsp3) is 0.625. The first-order valence-corrected chi connectivity index (χ1v) is 4.87. The fourth-order valence-corrected chi connectivity index (χ4v) is 0.615. The normalized spacial score (nSPS) is 10.5. The van der Waals surface area contributed by atoms with Gasteiger partial charge in [-0.3, -0.25) is 4.79 Å². The Morgan fingerprint density at radius 2 is 2.13 bits per heavy atom. The monoisotopic (exact) mass is 254 g/mol. The minimum absolute atomic E-state index is 0.0166. The summed E-state index contributed by atoms with van der Waals surface area (Å²) < 4.78 is 7.86. The van der Waals surface area contributed by atoms with Crippen LogP contribution in [0.4, 0.5) is 0 Å². The fourth-order valence-electron chi connectivity index (χ4n) is 0.461. The van der Waals surface area contributed by atoms with Crippen LogP contribution >= 0.6 is 23.2 Å². The van der Waals surface area contributed by atoms with Crippen LogP contribution in [0.15, 0.2) is 4.52 Å². The van der Waals surface area contributed by atoms with Crippen LogP contribution < -0.4 is 0 Å². The van der Waals surface area contributed by atoms with Gasteiger partial charge in [-0.25, -0.2) is 0 Å². The first-order chi connectivity index (χ1) is 6.95. The highest BCUT2D eigenvalue weighted by molar-refractivity contribution is 6.47. The van der Waals surface area contributed by atoms with E-state index >= 15 is 0 Å². The third kappa shape index (κ3) is 5.71. The molecule has 0 unspecified atom stereocenters. The van der Waals surface area contributed by atoms with E-state index in [-0.39, 0.29) is 11.7 Å². The van der Waals surface area contributed by atoms with Crippen LogP contribution in [-0.2, 0) is 9.07 Å². The van der Waals surface area contributed by atoms with Crippen molar-refractivity contribution in [1.29, 1.82) is 0 Å². The van der Waals surface area contributed by atoms with Crippen molar-refractivity contribution < 1.29 is 14.1 Å². The molecule has 0 N–H and O–H groups in total. The molecule has 1 heterocycles. The molecule has 5 nitrogen and oxygen atoms in total. The average molecular weight is 255 g/mol. The Hall–Kier alpha value is -0.650. The second kappa shape index (κ2) is 6.76. The summed E-state index contributed by atoms with van der Waals surface area (Å²) in [6.07, 6.45) is 0.451. The van der Waals surface area contributed by atoms with E-state index in [1.807, 2.05) is 6.92 Å². The Balaban J connectivity index is 0.000000423. The number of aldehydes is 1. The van der Waals surface area contributed by atoms with Crippen molar-refractivity contribution in [3.8, 4) is 0 Å². The molecule has 1 rings (SSSR count). The molecule has 0 saturated carbocycles. The molecule has 0 aromatic carbocycles. The molecule has 0 aliphatic rings. The maximum atomic E-state index is 10.1. The SMILES string of the molecule is CC(Cl)(Cl)c1nc(C=O)no1.CCOC. The van der Waals surface area contributed by atoms with Gasteiger partial charge in [-0.05, 0) is 13.8 Å². The van der Waals surface area contributed by atoms with Crippen LogP contribution in [0, 0.1) is 0 Å². The highest BCUT2D eigenvalue weighted by Gasteiger charge is 2.27. The van der Waals surface area contributed by atoms with Crippen LogP contribution in [0.3, 0.4) is 0 Å². The molecule has 0 amide bonds. The summed E-state index contributed by atoms with van der Waals surface area (Å²) >= 11 is 11.2. The maximum Gasteiger partial charge on any atom is 0.263 e. The zero-order valence-corrected chi connectivity index (χ0v) is 10.2. The average Bonchev–Trinajstić information content (AvgIpc) is 2.66. The van der Waals surface area contributed by atoms with Gasteiger partial charge in [-0.2, -0.15) is 4.98 Å². The number of alkyl halides is 2. The van der Waals surface area contributed by atoms with Gasteiger partial charge in [0.15, 0.2) is 10.6 Å². The standard InChI is InChI=1S/C5H4Cl2N2O2.C3H8O/c1-5(6,7)4-8-3(2-10)9-11-4;1-3-4-2/h2H,1H3;3H2,1-2H3. The first-order valence-electron chi connectivity index (χ1n) is 4.11. The topological polar surface area (TPSA) is 65.2 Å². The third-order valence-electron chi connectivity index (χ3n) is 1.21. The van der Waals surface area contributed by atoms with Gasteiger partial charge < -0.3 is 9.26 Å². The largest absolute Gasteiger partial charge is 0.385 e. The lowest BCUT2D eigenvalue weighted by Gasteiger charge is -2.03. The summed E-state index contributed by atoms with van der Waals surface area (Å²) in [5.41, 5.74) is 0. The van der Waals surface area contributed by atoms with Gasteiger partial charge in [0.25, 0.3) is 5.89 Å². The van der Waals surface area contributed by atoms with E-state index in [1.54, 1.807) is 7.11 Å². The maximum absolute atomic E-state index is 10.1. The first kappa shape index (κ1) is 14.3. The molecule has 0 fully saturated rings. The smallest absolute Gasteiger partial charge is 0.263 e. The molecule has 0 radical (unpaired) electrons. The quantitative estimate of drug-likeness (QED) is 0.611. The summed E-state index contributed by atoms with van der Waals surface area (Å²) in [5.74, 6) is -0.0459. The lowest BCUT2D eigenvalue weighted by Crippen LogP contribution is -2.03. The molecular formula is C8H12Cl2N2O3. The van der Waals surface area contributed by atoms with Gasteiger partial charge in [-0.15, -0.1) is 0 Å². The molecule has 0 aliphatic heterocycles. The van der Waals surface area contributed by atoms with Crippen LogP contribution in [0.1, 0.15) is 30.4 Å². The van der Waals surface area contributed by atoms with Gasteiger partial charge in [0.05, 0.1) is 0 Å². The molecule has 0 spiro atoms. The predicted molar refractivity (Wildman–Crippen MR) is 56.3 cm³/mol. The van der Waals surface area contributed by atoms with E-state index in [9.17, 15) is 4.79 Å². The molecule has 0 aliphatic carbocycles. The number of hydrogen-bond donors (Lipinski definition) is 0. The van der Waals surface area contributed by atoms with Crippen molar-refractivity contribution in [2.75, 3.05) is 13.7 Å². The Morgan fingerprint density at radius 1 is 1.60 bits per heavy atom. The number of carbonyl (C=O) groups is 1. The highest BCUT2D eigenvalue weighted by atomic mass is 35.5. The minimum atomic E-state index is -1.24. The second-order valence-corrected chi connectivity index (χ2v) is 4.25. The van der Waals surface area contributed by atoms with E-state index in [0.29, 0.717) is 6.29 Å². The molecule has 86 valence electrons. The number of aromatic nitrogens is 2. The summed E-state index contributed by atoms with van der Waals surface area (Å²) in [4.78, 5) is 13.7. The van der Waals surface area contributed by atoms with Crippen molar-refractivity contribution in [1.82, 2.24) is 10.1 Å². The van der Waals surface area contributed by atoms with Gasteiger partial charge >= 0.3 is 0 Å². The van der Waals surface area contributed by atoms with Crippen molar-refractivity contribution in [2.24, 2.45) is 0 Å². The third-order valence-corrected chi connectivity index (χ3v) is 1.53. The number of halogens is 2. The summed E-state index contributed by atoms with van der Waals surface area (Å²) in [7, 11) is 1.68. The Bertz CT molecular complexity index is 294. The molecule has 0 bridgehead atoms. The Kier molecular flexibility index (Phi) is 6.47. The number of nitrogens with zero attached hydrogens (tertiary/aromatic N) is 2. The number of hydrogen-bond acceptors (Lipinski definition) is 5. The van der Waals surface area contributed by atoms with Crippen molar-refractivity contribution in [2.45, 2.75) is 18.2 Å². The van der Waals surface area contributed by atoms with E-state index in [4.69, 9.17) is 23.2 Å². The van der Waals surface area contributed by atoms with E-state index in [0.717, 1.165) is 6.61 Å². The van der Waals surface area contributed by atoms with Crippen molar-refractivity contribution in [3.63, 3.8) is 0 Å². The molecule has 0 atom stereocenters. The highest BCUT2D eigenvalue weighted by Crippen LogP contribution is 2.30. The predicted octanol–water partition coefficient (Wildman–Crippen LogP) is 2.19. The van der Waals surface area contributed by atoms with Gasteiger partial charge in [-0.1, -0.05) is 28.4 Å². The van der Waals surface area contributed by atoms with Gasteiger partial charge in [0.2, 0.25) is 5.82 Å². The zero-order chi connectivity index (χ0) is 11.9. The van der Waals surface area contributed by atoms with Crippen molar-refractivity contribution >= 4 is 29.5 Å². The molecule has 15 heavy (non-hydrogen) atoms. The van der Waals surface area contributed by atoms with E-state index in [1.165, 1.54) is 6.92 Å². The van der Waals surface area contributed by atoms with Crippen LogP contribution in [0.5, 0.6) is 0 Å². The Labute approximate surface area is 97.7 Å². The number of rotatable bonds is 3. The lowest BCUT2D eigenvalue weighted by atomic mass is 10.5. The zero-order valence-electron chi connectivity index (χ0n) is 8.66. The number of methoxy groups -OCH3 is 1. The molecule has 0 saturated heterocycles. The molecular weight excluding hydrogens is 243 g/mol. The van der Waals surface area contributed by atoms with Crippen LogP contribution in [0.2, 0.25) is 0 Å². The minimum Gasteiger partial charge on any atom is -0.385 e. The lowest BCUT2D eigenvalue weighted by molar-refractivity contribution is 0.111. The summed E-state index contributed by atoms with van der Waals surface area (Å²) in [5, 5.41) is 3.28. The van der Waals surface area contributed by atoms with Crippen molar-refractivity contribution in [3.05, 3.63) is 11.7 Å². The number of ether oxygens (including phenoxy) is 1. The molecule has 1 aromatic rings. The van der Waals surface area contributed by atoms with Gasteiger partial charge in [0.1, 0.15) is 0 Å². The second-order valence-electron chi connectivity index (χ2n) is 2.54. The molecule has 1 aromatic heterocycles. The molecule has 7 heteroatoms. The van der Waals surface area contributed by atoms with E-state index in [2.05, 4.69) is 19.4 Å². The van der Waals surface area contributed by atoms with Gasteiger partial charge in [0, 0.05) is 13.7 Å². The van der Waals surface area contributed by atoms with Crippen LogP contribution in [0.25, 0.3) is 0 Å². The Morgan fingerprint density at radius 3 is 2.33 bits per heavy atom. The van der Waals surface area contributed by atoms with E-state index < -0.39 is 4.33 Å². The van der Waals surface area contributed by atoms with Crippen LogP contribution in [-0.4, -0.2) is 30.1 Å². The summed E-state index contributed by atoms with van der Waals surface area (Å²) in [6, 6.07) is 0. The number of carbonyl (C=O) groups excluding carboxylic acids is 1. The summed E-state index contributed by atoms with van der Waals surface area (Å²) in [6.45, 7) is 4.25.